The molecule has 2 N–H and O–H groups in total. The van der Waals surface area contributed by atoms with Crippen LogP contribution in [0, 0.1) is 0 Å². The standard InChI is InChI=1S/CH2O3.Fe.Li.Mn.H/c2-1(3)4;;;;/h(H2,2,3,4);;;;/q;;+1;;-1. The Bertz CT molecular complexity index is 42.3. The average molecular weight is 181 g/mol. The number of carboxylic acid groups (broad SMARTS) is 2. The van der Waals surface area contributed by atoms with E-state index in [1.165, 1.54) is 0 Å². The van der Waals surface area contributed by atoms with Gasteiger partial charge in [0.15, 0.2) is 0 Å². The van der Waals surface area contributed by atoms with Gasteiger partial charge in [0.1, 0.15) is 0 Å². The van der Waals surface area contributed by atoms with Gasteiger partial charge in [0.25, 0.3) is 0 Å². The van der Waals surface area contributed by atoms with Crippen LogP contribution in [0.15, 0.2) is 0 Å². The van der Waals surface area contributed by atoms with Crippen LogP contribution >= 0.6 is 0 Å². The Hall–Kier alpha value is 0.906. The van der Waals surface area contributed by atoms with Gasteiger partial charge in [0, 0.05) is 34.1 Å². The van der Waals surface area contributed by atoms with Crippen LogP contribution in [0.1, 0.15) is 1.43 Å². The van der Waals surface area contributed by atoms with Crippen molar-refractivity contribution in [1.29, 1.82) is 0 Å². The number of carbonyl (C=O) groups is 1. The van der Waals surface area contributed by atoms with Gasteiger partial charge in [-0.15, -0.1) is 0 Å². The zero-order chi connectivity index (χ0) is 3.58. The number of rotatable bonds is 0. The molecule has 6 heteroatoms. The topological polar surface area (TPSA) is 57.5 Å². The Kier molecular flexibility index (Phi) is 55.7. The van der Waals surface area contributed by atoms with E-state index in [4.69, 9.17) is 15.0 Å². The van der Waals surface area contributed by atoms with E-state index in [0.717, 1.165) is 0 Å². The summed E-state index contributed by atoms with van der Waals surface area (Å²) in [6.07, 6.45) is -1.83. The minimum atomic E-state index is -1.83. The van der Waals surface area contributed by atoms with E-state index < -0.39 is 6.16 Å². The SMILES string of the molecule is O=C(O)O.[Fe].[H-].[Li+].[Mn]. The molecule has 0 atom stereocenters. The fourth-order valence-electron chi connectivity index (χ4n) is 0. The smallest absolute Gasteiger partial charge is 1.00 e. The molecule has 0 aromatic carbocycles. The first-order chi connectivity index (χ1) is 1.73. The predicted octanol–water partition coefficient (Wildman–Crippen LogP) is -2.67. The van der Waals surface area contributed by atoms with Crippen molar-refractivity contribution in [1.82, 2.24) is 0 Å². The second-order valence-electron chi connectivity index (χ2n) is 0.283. The fourth-order valence-corrected chi connectivity index (χ4v) is 0. The minimum Gasteiger partial charge on any atom is -1.00 e. The van der Waals surface area contributed by atoms with Crippen molar-refractivity contribution >= 4 is 6.16 Å². The van der Waals surface area contributed by atoms with E-state index in [2.05, 4.69) is 0 Å². The molecular weight excluding hydrogens is 178 g/mol. The zero-order valence-electron chi connectivity index (χ0n) is 4.53. The Balaban J connectivity index is -0.00000000750. The molecule has 0 fully saturated rings. The van der Waals surface area contributed by atoms with Crippen molar-refractivity contribution < 1.29 is 69.4 Å². The molecule has 0 aliphatic carbocycles. The number of hydrogen-bond donors (Lipinski definition) is 2. The van der Waals surface area contributed by atoms with Crippen LogP contribution in [0.4, 0.5) is 4.79 Å². The summed E-state index contributed by atoms with van der Waals surface area (Å²) in [7, 11) is 0. The van der Waals surface area contributed by atoms with Gasteiger partial charge in [-0.1, -0.05) is 0 Å². The average Bonchev–Trinajstić information content (AvgIpc) is 0.811. The van der Waals surface area contributed by atoms with Crippen LogP contribution in [0.3, 0.4) is 0 Å². The maximum Gasteiger partial charge on any atom is 1.00 e. The molecule has 0 spiro atoms. The number of hydrogen-bond acceptors (Lipinski definition) is 1. The van der Waals surface area contributed by atoms with E-state index in [1.807, 2.05) is 0 Å². The molecule has 0 aliphatic heterocycles. The molecule has 0 aromatic heterocycles. The predicted molar refractivity (Wildman–Crippen MR) is 11.8 cm³/mol. The molecule has 41 valence electrons. The summed E-state index contributed by atoms with van der Waals surface area (Å²) in [5, 5.41) is 13.9. The zero-order valence-corrected chi connectivity index (χ0v) is 5.82. The monoisotopic (exact) mass is 181 g/mol. The third-order valence-electron chi connectivity index (χ3n) is 0. The van der Waals surface area contributed by atoms with E-state index in [-0.39, 0.29) is 54.4 Å². The molecule has 0 rings (SSSR count). The minimum absolute atomic E-state index is 0. The summed E-state index contributed by atoms with van der Waals surface area (Å²) in [6.45, 7) is 0. The quantitative estimate of drug-likeness (QED) is 0.400. The van der Waals surface area contributed by atoms with Crippen LogP contribution in [0.5, 0.6) is 0 Å². The van der Waals surface area contributed by atoms with E-state index >= 15 is 0 Å². The summed E-state index contributed by atoms with van der Waals surface area (Å²) in [4.78, 5) is 8.56. The molecule has 0 unspecified atom stereocenters. The van der Waals surface area contributed by atoms with E-state index in [1.54, 1.807) is 0 Å². The molecule has 0 saturated carbocycles. The maximum absolute atomic E-state index is 8.56. The van der Waals surface area contributed by atoms with E-state index in [0.29, 0.717) is 0 Å². The van der Waals surface area contributed by atoms with Gasteiger partial charge in [-0.3, -0.25) is 0 Å². The first kappa shape index (κ1) is 24.7. The van der Waals surface area contributed by atoms with Crippen molar-refractivity contribution in [3.8, 4) is 0 Å². The van der Waals surface area contributed by atoms with Gasteiger partial charge in [-0.25, -0.2) is 4.79 Å². The second-order valence-corrected chi connectivity index (χ2v) is 0.283. The van der Waals surface area contributed by atoms with Gasteiger partial charge in [0.05, 0.1) is 0 Å². The Morgan fingerprint density at radius 1 is 1.43 bits per heavy atom. The summed E-state index contributed by atoms with van der Waals surface area (Å²) in [5.74, 6) is 0. The molecule has 0 heterocycles. The van der Waals surface area contributed by atoms with Crippen molar-refractivity contribution in [3.63, 3.8) is 0 Å². The van der Waals surface area contributed by atoms with Crippen LogP contribution in [0.2, 0.25) is 0 Å². The van der Waals surface area contributed by atoms with Crippen molar-refractivity contribution in [3.05, 3.63) is 0 Å². The van der Waals surface area contributed by atoms with Crippen LogP contribution in [0.25, 0.3) is 0 Å². The molecule has 0 aliphatic rings. The Labute approximate surface area is 75.5 Å². The van der Waals surface area contributed by atoms with Gasteiger partial charge in [-0.05, 0) is 0 Å². The van der Waals surface area contributed by atoms with Crippen molar-refractivity contribution in [2.75, 3.05) is 0 Å². The molecule has 1 radical (unpaired) electrons. The molecule has 0 amide bonds. The fraction of sp³-hybridized carbons (Fsp3) is 0. The van der Waals surface area contributed by atoms with E-state index in [9.17, 15) is 0 Å². The van der Waals surface area contributed by atoms with Crippen molar-refractivity contribution in [2.45, 2.75) is 0 Å². The van der Waals surface area contributed by atoms with Crippen LogP contribution in [-0.2, 0) is 34.1 Å². The molecular formula is CH3FeLiMnO3. The van der Waals surface area contributed by atoms with Gasteiger partial charge >= 0.3 is 25.0 Å². The summed E-state index contributed by atoms with van der Waals surface area (Å²) >= 11 is 0. The van der Waals surface area contributed by atoms with Gasteiger partial charge < -0.3 is 11.6 Å². The summed E-state index contributed by atoms with van der Waals surface area (Å²) < 4.78 is 0. The van der Waals surface area contributed by atoms with Crippen molar-refractivity contribution in [2.24, 2.45) is 0 Å². The third-order valence-corrected chi connectivity index (χ3v) is 0. The summed E-state index contributed by atoms with van der Waals surface area (Å²) in [5.41, 5.74) is 0. The Morgan fingerprint density at radius 2 is 1.43 bits per heavy atom. The first-order valence-corrected chi connectivity index (χ1v) is 0.651. The van der Waals surface area contributed by atoms with Gasteiger partial charge in [-0.2, -0.15) is 0 Å². The molecule has 7 heavy (non-hydrogen) atoms. The molecule has 0 aromatic rings. The first-order valence-electron chi connectivity index (χ1n) is 0.651. The Morgan fingerprint density at radius 3 is 1.43 bits per heavy atom. The third kappa shape index (κ3) is 202. The maximum atomic E-state index is 8.56. The molecule has 0 bridgehead atoms. The van der Waals surface area contributed by atoms with Crippen LogP contribution < -0.4 is 18.9 Å². The summed E-state index contributed by atoms with van der Waals surface area (Å²) in [6, 6.07) is 0. The normalized spacial score (nSPS) is 3.43. The van der Waals surface area contributed by atoms with Crippen LogP contribution in [-0.4, -0.2) is 16.4 Å². The largest absolute Gasteiger partial charge is 1.00 e. The molecule has 0 saturated heterocycles. The van der Waals surface area contributed by atoms with Gasteiger partial charge in [0.2, 0.25) is 0 Å². The molecule has 3 nitrogen and oxygen atoms in total. The second kappa shape index (κ2) is 15.8.